The molecule has 170 valence electrons. The van der Waals surface area contributed by atoms with Gasteiger partial charge in [0.1, 0.15) is 5.75 Å². The highest BCUT2D eigenvalue weighted by Crippen LogP contribution is 2.45. The molecule has 1 saturated heterocycles. The smallest absolute Gasteiger partial charge is 0.203 e. The number of piperazine rings is 1. The Morgan fingerprint density at radius 1 is 0.879 bits per heavy atom. The number of benzene rings is 2. The quantitative estimate of drug-likeness (QED) is 0.631. The number of anilines is 1. The van der Waals surface area contributed by atoms with Crippen LogP contribution in [0.1, 0.15) is 5.56 Å². The van der Waals surface area contributed by atoms with Crippen molar-refractivity contribution in [1.29, 1.82) is 0 Å². The van der Waals surface area contributed by atoms with Crippen LogP contribution in [0.3, 0.4) is 0 Å². The molecule has 3 heterocycles. The number of aromatic nitrogens is 1. The second kappa shape index (κ2) is 9.03. The highest BCUT2D eigenvalue weighted by atomic mass is 16.5. The SMILES string of the molecule is COc1cc(-c2cncc3c2C=COc2cc(N4CCNCC4)ccc2-3)cc(OC)c1OC. The van der Waals surface area contributed by atoms with Crippen molar-refractivity contribution in [2.45, 2.75) is 0 Å². The third kappa shape index (κ3) is 3.85. The summed E-state index contributed by atoms with van der Waals surface area (Å²) >= 11 is 0. The maximum Gasteiger partial charge on any atom is 0.203 e. The van der Waals surface area contributed by atoms with Gasteiger partial charge in [-0.15, -0.1) is 0 Å². The molecule has 2 aliphatic rings. The van der Waals surface area contributed by atoms with E-state index in [2.05, 4.69) is 33.4 Å². The van der Waals surface area contributed by atoms with Crippen molar-refractivity contribution in [2.24, 2.45) is 0 Å². The van der Waals surface area contributed by atoms with Gasteiger partial charge < -0.3 is 29.2 Å². The van der Waals surface area contributed by atoms with Crippen molar-refractivity contribution in [1.82, 2.24) is 10.3 Å². The van der Waals surface area contributed by atoms with Gasteiger partial charge in [0.05, 0.1) is 27.6 Å². The predicted molar refractivity (Wildman–Crippen MR) is 130 cm³/mol. The standard InChI is InChI=1S/C26H27N3O4/c1-30-24-12-17(13-25(31-2)26(24)32-3)21-15-28-16-22-19(21)6-11-33-23-14-18(4-5-20(22)23)29-9-7-27-8-10-29/h4-6,11-16,27H,7-10H2,1-3H3. The zero-order valence-electron chi connectivity index (χ0n) is 19.1. The molecular weight excluding hydrogens is 418 g/mol. The highest BCUT2D eigenvalue weighted by Gasteiger charge is 2.21. The molecule has 0 unspecified atom stereocenters. The van der Waals surface area contributed by atoms with Crippen LogP contribution in [0.25, 0.3) is 28.3 Å². The van der Waals surface area contributed by atoms with E-state index in [4.69, 9.17) is 18.9 Å². The molecule has 0 atom stereocenters. The third-order valence-corrected chi connectivity index (χ3v) is 6.13. The molecule has 7 nitrogen and oxygen atoms in total. The van der Waals surface area contributed by atoms with Crippen LogP contribution in [0.4, 0.5) is 5.69 Å². The second-order valence-corrected chi connectivity index (χ2v) is 7.90. The first-order valence-corrected chi connectivity index (χ1v) is 10.9. The van der Waals surface area contributed by atoms with Crippen molar-refractivity contribution in [2.75, 3.05) is 52.4 Å². The van der Waals surface area contributed by atoms with Gasteiger partial charge in [0, 0.05) is 67.0 Å². The van der Waals surface area contributed by atoms with Crippen LogP contribution in [-0.4, -0.2) is 52.5 Å². The Morgan fingerprint density at radius 2 is 1.61 bits per heavy atom. The van der Waals surface area contributed by atoms with Gasteiger partial charge in [-0.2, -0.15) is 0 Å². The van der Waals surface area contributed by atoms with Gasteiger partial charge in [-0.25, -0.2) is 0 Å². The molecule has 33 heavy (non-hydrogen) atoms. The van der Waals surface area contributed by atoms with E-state index in [0.29, 0.717) is 17.2 Å². The van der Waals surface area contributed by atoms with Crippen molar-refractivity contribution in [3.8, 4) is 45.3 Å². The minimum Gasteiger partial charge on any atom is -0.493 e. The van der Waals surface area contributed by atoms with E-state index in [9.17, 15) is 0 Å². The van der Waals surface area contributed by atoms with Crippen LogP contribution in [0, 0.1) is 0 Å². The molecule has 1 aromatic heterocycles. The van der Waals surface area contributed by atoms with Gasteiger partial charge in [0.25, 0.3) is 0 Å². The van der Waals surface area contributed by atoms with E-state index >= 15 is 0 Å². The molecule has 2 aliphatic heterocycles. The monoisotopic (exact) mass is 445 g/mol. The molecule has 0 aliphatic carbocycles. The van der Waals surface area contributed by atoms with Crippen LogP contribution < -0.4 is 29.2 Å². The summed E-state index contributed by atoms with van der Waals surface area (Å²) in [7, 11) is 4.83. The maximum absolute atomic E-state index is 6.06. The average molecular weight is 446 g/mol. The van der Waals surface area contributed by atoms with Gasteiger partial charge in [-0.05, 0) is 41.5 Å². The van der Waals surface area contributed by atoms with E-state index in [1.165, 1.54) is 5.69 Å². The number of hydrogen-bond donors (Lipinski definition) is 1. The molecule has 0 spiro atoms. The highest BCUT2D eigenvalue weighted by molar-refractivity contribution is 5.89. The number of pyridine rings is 1. The minimum atomic E-state index is 0.559. The molecular formula is C26H27N3O4. The molecule has 0 bridgehead atoms. The summed E-state index contributed by atoms with van der Waals surface area (Å²) in [6.07, 6.45) is 7.47. The van der Waals surface area contributed by atoms with Crippen molar-refractivity contribution < 1.29 is 18.9 Å². The van der Waals surface area contributed by atoms with Gasteiger partial charge >= 0.3 is 0 Å². The zero-order valence-corrected chi connectivity index (χ0v) is 19.1. The van der Waals surface area contributed by atoms with E-state index in [-0.39, 0.29) is 0 Å². The van der Waals surface area contributed by atoms with Gasteiger partial charge in [-0.3, -0.25) is 4.98 Å². The average Bonchev–Trinajstić information content (AvgIpc) is 3.07. The lowest BCUT2D eigenvalue weighted by Gasteiger charge is -2.30. The fraction of sp³-hybridized carbons (Fsp3) is 0.269. The minimum absolute atomic E-state index is 0.559. The first kappa shape index (κ1) is 21.2. The molecule has 5 rings (SSSR count). The van der Waals surface area contributed by atoms with Gasteiger partial charge in [0.15, 0.2) is 11.5 Å². The van der Waals surface area contributed by atoms with Crippen LogP contribution >= 0.6 is 0 Å². The Bertz CT molecular complexity index is 1180. The lowest BCUT2D eigenvalue weighted by atomic mass is 9.93. The Labute approximate surface area is 193 Å². The van der Waals surface area contributed by atoms with Gasteiger partial charge in [-0.1, -0.05) is 0 Å². The molecule has 3 aromatic rings. The predicted octanol–water partition coefficient (Wildman–Crippen LogP) is 4.21. The zero-order chi connectivity index (χ0) is 22.8. The Balaban J connectivity index is 1.61. The van der Waals surface area contributed by atoms with E-state index in [1.54, 1.807) is 27.6 Å². The fourth-order valence-electron chi connectivity index (χ4n) is 4.46. The maximum atomic E-state index is 6.06. The Kier molecular flexibility index (Phi) is 5.79. The number of hydrogen-bond acceptors (Lipinski definition) is 7. The number of ether oxygens (including phenoxy) is 4. The summed E-state index contributed by atoms with van der Waals surface area (Å²) in [5.74, 6) is 2.58. The number of rotatable bonds is 5. The molecule has 7 heteroatoms. The largest absolute Gasteiger partial charge is 0.493 e. The fourth-order valence-corrected chi connectivity index (χ4v) is 4.46. The van der Waals surface area contributed by atoms with E-state index in [0.717, 1.165) is 59.7 Å². The molecule has 1 N–H and O–H groups in total. The van der Waals surface area contributed by atoms with Crippen LogP contribution in [0.5, 0.6) is 23.0 Å². The second-order valence-electron chi connectivity index (χ2n) is 7.90. The van der Waals surface area contributed by atoms with Crippen molar-refractivity contribution >= 4 is 11.8 Å². The Hall–Kier alpha value is -3.71. The van der Waals surface area contributed by atoms with Crippen molar-refractivity contribution in [3.05, 3.63) is 54.6 Å². The topological polar surface area (TPSA) is 65.1 Å². The van der Waals surface area contributed by atoms with Crippen LogP contribution in [0.15, 0.2) is 49.0 Å². The summed E-state index contributed by atoms with van der Waals surface area (Å²) in [5, 5.41) is 3.40. The summed E-state index contributed by atoms with van der Waals surface area (Å²) in [4.78, 5) is 6.93. The summed E-state index contributed by atoms with van der Waals surface area (Å²) < 4.78 is 22.7. The van der Waals surface area contributed by atoms with E-state index in [1.807, 2.05) is 30.6 Å². The normalized spacial score (nSPS) is 14.6. The lowest BCUT2D eigenvalue weighted by molar-refractivity contribution is 0.324. The molecule has 2 aromatic carbocycles. The van der Waals surface area contributed by atoms with E-state index < -0.39 is 0 Å². The molecule has 1 fully saturated rings. The van der Waals surface area contributed by atoms with Crippen LogP contribution in [0.2, 0.25) is 0 Å². The number of methoxy groups -OCH3 is 3. The molecule has 0 radical (unpaired) electrons. The third-order valence-electron chi connectivity index (χ3n) is 6.13. The number of nitrogens with zero attached hydrogens (tertiary/aromatic N) is 2. The summed E-state index contributed by atoms with van der Waals surface area (Å²) in [6, 6.07) is 10.3. The lowest BCUT2D eigenvalue weighted by Crippen LogP contribution is -2.43. The first-order valence-electron chi connectivity index (χ1n) is 10.9. The van der Waals surface area contributed by atoms with Crippen molar-refractivity contribution in [3.63, 3.8) is 0 Å². The molecule has 0 saturated carbocycles. The number of nitrogens with one attached hydrogen (secondary N) is 1. The summed E-state index contributed by atoms with van der Waals surface area (Å²) in [6.45, 7) is 3.95. The Morgan fingerprint density at radius 3 is 2.30 bits per heavy atom. The van der Waals surface area contributed by atoms with Crippen LogP contribution in [-0.2, 0) is 0 Å². The summed E-state index contributed by atoms with van der Waals surface area (Å²) in [5.41, 5.74) is 6.08. The van der Waals surface area contributed by atoms with Gasteiger partial charge in [0.2, 0.25) is 5.75 Å². The number of fused-ring (bicyclic) bond motifs is 3. The molecule has 0 amide bonds. The first-order chi connectivity index (χ1) is 16.2.